The Morgan fingerprint density at radius 1 is 1.07 bits per heavy atom. The second-order valence-corrected chi connectivity index (χ2v) is 8.61. The molecule has 11 heteroatoms. The largest absolute Gasteiger partial charge is 0.324 e. The van der Waals surface area contributed by atoms with Crippen LogP contribution in [-0.2, 0) is 9.84 Å². The van der Waals surface area contributed by atoms with E-state index in [4.69, 9.17) is 0 Å². The number of benzene rings is 2. The molecule has 0 unspecified atom stereocenters. The number of H-pyrrole nitrogens is 1. The summed E-state index contributed by atoms with van der Waals surface area (Å²) in [5, 5.41) is 12.7. The van der Waals surface area contributed by atoms with Crippen LogP contribution in [-0.4, -0.2) is 34.8 Å². The van der Waals surface area contributed by atoms with Crippen LogP contribution in [0.4, 0.5) is 32.1 Å². The first-order chi connectivity index (χ1) is 14.2. The molecule has 154 valence electrons. The van der Waals surface area contributed by atoms with Gasteiger partial charge in [0.25, 0.3) is 0 Å². The van der Waals surface area contributed by atoms with Crippen molar-refractivity contribution in [3.05, 3.63) is 59.8 Å². The highest BCUT2D eigenvalue weighted by atomic mass is 32.2. The smallest absolute Gasteiger partial charge is 0.229 e. The fraction of sp³-hybridized carbons (Fsp3) is 0.105. The average Bonchev–Trinajstić information content (AvgIpc) is 3.09. The Balaban J connectivity index is 1.61. The Bertz CT molecular complexity index is 1370. The number of rotatable bonds is 5. The predicted molar refractivity (Wildman–Crippen MR) is 109 cm³/mol. The normalized spacial score (nSPS) is 11.6. The van der Waals surface area contributed by atoms with Crippen molar-refractivity contribution in [1.29, 1.82) is 0 Å². The molecule has 8 nitrogen and oxygen atoms in total. The van der Waals surface area contributed by atoms with Crippen molar-refractivity contribution < 1.29 is 17.2 Å². The van der Waals surface area contributed by atoms with E-state index >= 15 is 0 Å². The van der Waals surface area contributed by atoms with E-state index in [2.05, 4.69) is 30.8 Å². The number of halogens is 2. The maximum Gasteiger partial charge on any atom is 0.229 e. The lowest BCUT2D eigenvalue weighted by Gasteiger charge is -2.10. The SMILES string of the molecule is Cc1ccc(Nc2nccc(Nc3n[nH]c4c(F)c(F)ccc34)n2)cc1S(C)(=O)=O. The molecule has 2 heterocycles. The van der Waals surface area contributed by atoms with Crippen molar-refractivity contribution in [2.75, 3.05) is 16.9 Å². The summed E-state index contributed by atoms with van der Waals surface area (Å²) in [5.41, 5.74) is 1.08. The van der Waals surface area contributed by atoms with E-state index in [0.717, 1.165) is 12.3 Å². The van der Waals surface area contributed by atoms with Gasteiger partial charge in [0.15, 0.2) is 27.3 Å². The fourth-order valence-corrected chi connectivity index (χ4v) is 3.93. The Morgan fingerprint density at radius 2 is 1.87 bits per heavy atom. The van der Waals surface area contributed by atoms with E-state index in [1.54, 1.807) is 25.1 Å². The molecular formula is C19H16F2N6O2S. The van der Waals surface area contributed by atoms with Crippen LogP contribution in [0.2, 0.25) is 0 Å². The standard InChI is InChI=1S/C19H16F2N6O2S/c1-10-3-4-11(9-14(10)30(2,28)29)23-19-22-8-7-15(25-19)24-18-12-5-6-13(20)16(21)17(12)26-27-18/h3-9H,1-2H3,(H3,22,23,24,25,26,27). The molecule has 0 fully saturated rings. The van der Waals surface area contributed by atoms with Gasteiger partial charge < -0.3 is 10.6 Å². The molecule has 0 aliphatic rings. The van der Waals surface area contributed by atoms with Crippen LogP contribution < -0.4 is 10.6 Å². The zero-order chi connectivity index (χ0) is 21.5. The maximum atomic E-state index is 13.8. The molecule has 0 radical (unpaired) electrons. The number of hydrogen-bond acceptors (Lipinski definition) is 7. The van der Waals surface area contributed by atoms with Gasteiger partial charge in [-0.2, -0.15) is 10.1 Å². The summed E-state index contributed by atoms with van der Waals surface area (Å²) >= 11 is 0. The zero-order valence-corrected chi connectivity index (χ0v) is 16.7. The Kier molecular flexibility index (Phi) is 4.82. The lowest BCUT2D eigenvalue weighted by atomic mass is 10.2. The summed E-state index contributed by atoms with van der Waals surface area (Å²) in [6.07, 6.45) is 2.63. The number of sulfone groups is 1. The second kappa shape index (κ2) is 7.34. The third kappa shape index (κ3) is 3.79. The minimum Gasteiger partial charge on any atom is -0.324 e. The van der Waals surface area contributed by atoms with E-state index < -0.39 is 21.5 Å². The fourth-order valence-electron chi connectivity index (χ4n) is 2.94. The number of nitrogens with zero attached hydrogens (tertiary/aromatic N) is 3. The van der Waals surface area contributed by atoms with Gasteiger partial charge in [-0.25, -0.2) is 22.2 Å². The maximum absolute atomic E-state index is 13.8. The van der Waals surface area contributed by atoms with Crippen LogP contribution in [0, 0.1) is 18.6 Å². The van der Waals surface area contributed by atoms with Gasteiger partial charge in [-0.1, -0.05) is 6.07 Å². The zero-order valence-electron chi connectivity index (χ0n) is 15.9. The highest BCUT2D eigenvalue weighted by Crippen LogP contribution is 2.27. The molecule has 4 rings (SSSR count). The Hall–Kier alpha value is -3.60. The summed E-state index contributed by atoms with van der Waals surface area (Å²) in [4.78, 5) is 8.62. The lowest BCUT2D eigenvalue weighted by Crippen LogP contribution is -2.03. The van der Waals surface area contributed by atoms with Crippen LogP contribution >= 0.6 is 0 Å². The van der Waals surface area contributed by atoms with E-state index in [1.165, 1.54) is 18.3 Å². The number of fused-ring (bicyclic) bond motifs is 1. The highest BCUT2D eigenvalue weighted by Gasteiger charge is 2.15. The molecule has 2 aromatic heterocycles. The molecule has 0 spiro atoms. The van der Waals surface area contributed by atoms with E-state index in [1.807, 2.05) is 0 Å². The van der Waals surface area contributed by atoms with Gasteiger partial charge in [-0.05, 0) is 42.8 Å². The van der Waals surface area contributed by atoms with Crippen LogP contribution in [0.5, 0.6) is 0 Å². The summed E-state index contributed by atoms with van der Waals surface area (Å²) in [5.74, 6) is -1.17. The number of aromatic amines is 1. The quantitative estimate of drug-likeness (QED) is 0.441. The van der Waals surface area contributed by atoms with Gasteiger partial charge in [-0.15, -0.1) is 0 Å². The van der Waals surface area contributed by atoms with E-state index in [9.17, 15) is 17.2 Å². The van der Waals surface area contributed by atoms with Gasteiger partial charge in [0, 0.05) is 23.5 Å². The summed E-state index contributed by atoms with van der Waals surface area (Å²) in [6, 6.07) is 8.90. The van der Waals surface area contributed by atoms with Crippen molar-refractivity contribution >= 4 is 44.0 Å². The molecule has 2 aromatic carbocycles. The van der Waals surface area contributed by atoms with Gasteiger partial charge >= 0.3 is 0 Å². The van der Waals surface area contributed by atoms with E-state index in [0.29, 0.717) is 22.5 Å². The van der Waals surface area contributed by atoms with Crippen molar-refractivity contribution in [2.24, 2.45) is 0 Å². The Labute approximate surface area is 170 Å². The molecular weight excluding hydrogens is 414 g/mol. The lowest BCUT2D eigenvalue weighted by molar-refractivity contribution is 0.515. The monoisotopic (exact) mass is 430 g/mol. The molecule has 4 aromatic rings. The van der Waals surface area contributed by atoms with Crippen molar-refractivity contribution in [3.8, 4) is 0 Å². The molecule has 30 heavy (non-hydrogen) atoms. The number of aryl methyl sites for hydroxylation is 1. The molecule has 0 atom stereocenters. The van der Waals surface area contributed by atoms with Crippen LogP contribution in [0.3, 0.4) is 0 Å². The van der Waals surface area contributed by atoms with Crippen molar-refractivity contribution in [3.63, 3.8) is 0 Å². The molecule has 0 bridgehead atoms. The highest BCUT2D eigenvalue weighted by molar-refractivity contribution is 7.90. The summed E-state index contributed by atoms with van der Waals surface area (Å²) in [7, 11) is -3.38. The van der Waals surface area contributed by atoms with Crippen molar-refractivity contribution in [1.82, 2.24) is 20.2 Å². The van der Waals surface area contributed by atoms with Crippen LogP contribution in [0.15, 0.2) is 47.5 Å². The van der Waals surface area contributed by atoms with Crippen molar-refractivity contribution in [2.45, 2.75) is 11.8 Å². The van der Waals surface area contributed by atoms with Gasteiger partial charge in [0.1, 0.15) is 11.3 Å². The first-order valence-corrected chi connectivity index (χ1v) is 10.6. The number of nitrogens with one attached hydrogen (secondary N) is 3. The number of anilines is 4. The number of hydrogen-bond donors (Lipinski definition) is 3. The van der Waals surface area contributed by atoms with Gasteiger partial charge in [0.2, 0.25) is 5.95 Å². The van der Waals surface area contributed by atoms with Gasteiger partial charge in [0.05, 0.1) is 4.90 Å². The molecule has 0 amide bonds. The molecule has 0 saturated heterocycles. The second-order valence-electron chi connectivity index (χ2n) is 6.62. The van der Waals surface area contributed by atoms with Gasteiger partial charge in [-0.3, -0.25) is 5.10 Å². The molecule has 0 aliphatic carbocycles. The minimum absolute atomic E-state index is 0.0575. The Morgan fingerprint density at radius 3 is 2.63 bits per heavy atom. The third-order valence-corrected chi connectivity index (χ3v) is 5.61. The number of aromatic nitrogens is 4. The first-order valence-electron chi connectivity index (χ1n) is 8.72. The molecule has 0 aliphatic heterocycles. The molecule has 3 N–H and O–H groups in total. The summed E-state index contributed by atoms with van der Waals surface area (Å²) in [6.45, 7) is 1.71. The van der Waals surface area contributed by atoms with Crippen LogP contribution in [0.25, 0.3) is 10.9 Å². The third-order valence-electron chi connectivity index (χ3n) is 4.38. The predicted octanol–water partition coefficient (Wildman–Crippen LogP) is 3.83. The van der Waals surface area contributed by atoms with Crippen LogP contribution in [0.1, 0.15) is 5.56 Å². The molecule has 0 saturated carbocycles. The first kappa shape index (κ1) is 19.7. The minimum atomic E-state index is -3.38. The van der Waals surface area contributed by atoms with E-state index in [-0.39, 0.29) is 22.2 Å². The average molecular weight is 430 g/mol. The topological polar surface area (TPSA) is 113 Å². The summed E-state index contributed by atoms with van der Waals surface area (Å²) < 4.78 is 51.0.